The van der Waals surface area contributed by atoms with Crippen LogP contribution in [0.4, 0.5) is 0 Å². The summed E-state index contributed by atoms with van der Waals surface area (Å²) in [7, 11) is 1.19. The fourth-order valence-electron chi connectivity index (χ4n) is 1.25. The van der Waals surface area contributed by atoms with Crippen LogP contribution in [0.25, 0.3) is 0 Å². The van der Waals surface area contributed by atoms with Crippen LogP contribution in [0.3, 0.4) is 0 Å². The first-order chi connectivity index (χ1) is 10.2. The van der Waals surface area contributed by atoms with Crippen molar-refractivity contribution in [3.05, 3.63) is 12.2 Å². The van der Waals surface area contributed by atoms with E-state index in [1.807, 2.05) is 0 Å². The number of rotatable bonds is 9. The summed E-state index contributed by atoms with van der Waals surface area (Å²) in [6.07, 6.45) is 0.897. The van der Waals surface area contributed by atoms with Crippen LogP contribution in [0.1, 0.15) is 20.3 Å². The van der Waals surface area contributed by atoms with E-state index in [1.165, 1.54) is 7.11 Å². The van der Waals surface area contributed by atoms with E-state index in [9.17, 15) is 19.5 Å². The lowest BCUT2D eigenvalue weighted by atomic mass is 9.87. The molecule has 0 unspecified atom stereocenters. The topological polar surface area (TPSA) is 122 Å². The summed E-state index contributed by atoms with van der Waals surface area (Å²) in [5.74, 6) is -1.96. The second kappa shape index (κ2) is 9.91. The van der Waals surface area contributed by atoms with E-state index in [0.29, 0.717) is 6.42 Å². The van der Waals surface area contributed by atoms with Gasteiger partial charge in [0.15, 0.2) is 0 Å². The number of esters is 2. The molecular weight excluding hydrogens is 294 g/mol. The second-order valence-corrected chi connectivity index (χ2v) is 5.22. The van der Waals surface area contributed by atoms with Crippen LogP contribution >= 0.6 is 0 Å². The first-order valence-corrected chi connectivity index (χ1v) is 6.74. The predicted molar refractivity (Wildman–Crippen MR) is 76.6 cm³/mol. The van der Waals surface area contributed by atoms with E-state index in [-0.39, 0.29) is 19.8 Å². The molecule has 0 aromatic heterocycles. The molecule has 0 aromatic rings. The molecule has 0 aliphatic rings. The number of carbonyl (C=O) groups excluding carboxylic acids is 3. The van der Waals surface area contributed by atoms with E-state index in [0.717, 1.165) is 12.2 Å². The zero-order valence-corrected chi connectivity index (χ0v) is 13.0. The van der Waals surface area contributed by atoms with Gasteiger partial charge in [-0.15, -0.1) is 0 Å². The predicted octanol–water partition coefficient (Wildman–Crippen LogP) is -0.855. The monoisotopic (exact) mass is 317 g/mol. The van der Waals surface area contributed by atoms with Gasteiger partial charge in [0.05, 0.1) is 20.3 Å². The quantitative estimate of drug-likeness (QED) is 0.287. The minimum absolute atomic E-state index is 0.0457. The van der Waals surface area contributed by atoms with Gasteiger partial charge in [0.2, 0.25) is 5.91 Å². The molecule has 0 saturated heterocycles. The maximum atomic E-state index is 11.6. The molecule has 0 saturated carbocycles. The zero-order chi connectivity index (χ0) is 17.2. The van der Waals surface area contributed by atoms with Gasteiger partial charge in [0, 0.05) is 24.1 Å². The summed E-state index contributed by atoms with van der Waals surface area (Å²) in [6, 6.07) is 0. The minimum Gasteiger partial charge on any atom is -0.466 e. The Balaban J connectivity index is 3.90. The summed E-state index contributed by atoms with van der Waals surface area (Å²) in [5, 5.41) is 21.3. The molecule has 0 radical (unpaired) electrons. The zero-order valence-electron chi connectivity index (χ0n) is 13.0. The second-order valence-electron chi connectivity index (χ2n) is 5.22. The molecule has 0 aliphatic carbocycles. The summed E-state index contributed by atoms with van der Waals surface area (Å²) < 4.78 is 9.09. The lowest BCUT2D eigenvalue weighted by Gasteiger charge is -2.27. The highest BCUT2D eigenvalue weighted by atomic mass is 16.5. The fraction of sp³-hybridized carbons (Fsp3) is 0.643. The number of methoxy groups -OCH3 is 1. The molecular formula is C14H23NO7. The van der Waals surface area contributed by atoms with E-state index in [4.69, 9.17) is 9.84 Å². The molecule has 22 heavy (non-hydrogen) atoms. The summed E-state index contributed by atoms with van der Waals surface area (Å²) in [6.45, 7) is 3.04. The highest BCUT2D eigenvalue weighted by molar-refractivity contribution is 5.91. The molecule has 0 bridgehead atoms. The highest BCUT2D eigenvalue weighted by Crippen LogP contribution is 2.19. The molecule has 0 fully saturated rings. The van der Waals surface area contributed by atoms with Gasteiger partial charge in [-0.05, 0) is 6.42 Å². The van der Waals surface area contributed by atoms with Gasteiger partial charge in [-0.2, -0.15) is 0 Å². The van der Waals surface area contributed by atoms with Crippen LogP contribution in [-0.2, 0) is 23.9 Å². The Hall–Kier alpha value is -1.93. The van der Waals surface area contributed by atoms with Crippen LogP contribution in [0.15, 0.2) is 12.2 Å². The minimum atomic E-state index is -1.33. The van der Waals surface area contributed by atoms with E-state index >= 15 is 0 Å². The standard InChI is InChI=1S/C14H23NO7/c1-14(2,9-16)12(19)13(20)15-7-4-8-22-11(18)6-5-10(17)21-3/h5-6,12,16,19H,4,7-9H2,1-3H3,(H,15,20)/b6-5+/t12-/m1/s1. The van der Waals surface area contributed by atoms with E-state index < -0.39 is 29.4 Å². The smallest absolute Gasteiger partial charge is 0.331 e. The molecule has 0 aliphatic heterocycles. The van der Waals surface area contributed by atoms with Crippen LogP contribution in [0, 0.1) is 5.41 Å². The average molecular weight is 317 g/mol. The van der Waals surface area contributed by atoms with E-state index in [2.05, 4.69) is 10.1 Å². The lowest BCUT2D eigenvalue weighted by molar-refractivity contribution is -0.139. The third-order valence-electron chi connectivity index (χ3n) is 2.82. The molecule has 126 valence electrons. The molecule has 8 nitrogen and oxygen atoms in total. The number of carbonyl (C=O) groups is 3. The Morgan fingerprint density at radius 3 is 2.36 bits per heavy atom. The fourth-order valence-corrected chi connectivity index (χ4v) is 1.25. The number of ether oxygens (including phenoxy) is 2. The van der Waals surface area contributed by atoms with Crippen molar-refractivity contribution in [2.45, 2.75) is 26.4 Å². The van der Waals surface area contributed by atoms with Crippen molar-refractivity contribution < 1.29 is 34.1 Å². The van der Waals surface area contributed by atoms with Crippen molar-refractivity contribution in [3.63, 3.8) is 0 Å². The average Bonchev–Trinajstić information content (AvgIpc) is 2.50. The number of amides is 1. The Morgan fingerprint density at radius 1 is 1.23 bits per heavy atom. The highest BCUT2D eigenvalue weighted by Gasteiger charge is 2.32. The largest absolute Gasteiger partial charge is 0.466 e. The van der Waals surface area contributed by atoms with Gasteiger partial charge < -0.3 is 25.0 Å². The van der Waals surface area contributed by atoms with Gasteiger partial charge in [-0.25, -0.2) is 9.59 Å². The van der Waals surface area contributed by atoms with Crippen LogP contribution in [-0.4, -0.2) is 61.0 Å². The van der Waals surface area contributed by atoms with Crippen LogP contribution in [0.2, 0.25) is 0 Å². The first kappa shape index (κ1) is 20.1. The molecule has 1 amide bonds. The van der Waals surface area contributed by atoms with Crippen molar-refractivity contribution in [1.29, 1.82) is 0 Å². The summed E-state index contributed by atoms with van der Waals surface area (Å²) >= 11 is 0. The SMILES string of the molecule is COC(=O)/C=C/C(=O)OCCCNC(=O)[C@@H](O)C(C)(C)CO. The van der Waals surface area contributed by atoms with Crippen molar-refractivity contribution in [2.24, 2.45) is 5.41 Å². The number of hydrogen-bond acceptors (Lipinski definition) is 7. The summed E-state index contributed by atoms with van der Waals surface area (Å²) in [4.78, 5) is 33.5. The lowest BCUT2D eigenvalue weighted by Crippen LogP contribution is -2.45. The molecule has 0 rings (SSSR count). The maximum absolute atomic E-state index is 11.6. The van der Waals surface area contributed by atoms with Crippen molar-refractivity contribution in [3.8, 4) is 0 Å². The van der Waals surface area contributed by atoms with Gasteiger partial charge in [-0.3, -0.25) is 4.79 Å². The van der Waals surface area contributed by atoms with Crippen molar-refractivity contribution in [1.82, 2.24) is 5.32 Å². The molecule has 0 spiro atoms. The van der Waals surface area contributed by atoms with Gasteiger partial charge in [-0.1, -0.05) is 13.8 Å². The Labute approximate surface area is 129 Å². The van der Waals surface area contributed by atoms with Gasteiger partial charge in [0.1, 0.15) is 6.10 Å². The molecule has 0 heterocycles. The third-order valence-corrected chi connectivity index (χ3v) is 2.82. The maximum Gasteiger partial charge on any atom is 0.331 e. The molecule has 8 heteroatoms. The van der Waals surface area contributed by atoms with Gasteiger partial charge in [0.25, 0.3) is 0 Å². The number of aliphatic hydroxyl groups excluding tert-OH is 2. The van der Waals surface area contributed by atoms with Crippen molar-refractivity contribution >= 4 is 17.8 Å². The number of hydrogen-bond donors (Lipinski definition) is 3. The van der Waals surface area contributed by atoms with E-state index in [1.54, 1.807) is 13.8 Å². The Bertz CT molecular complexity index is 417. The van der Waals surface area contributed by atoms with Crippen LogP contribution in [0.5, 0.6) is 0 Å². The normalized spacial score (nSPS) is 12.8. The van der Waals surface area contributed by atoms with Crippen molar-refractivity contribution in [2.75, 3.05) is 26.9 Å². The molecule has 3 N–H and O–H groups in total. The molecule has 1 atom stereocenters. The third kappa shape index (κ3) is 7.75. The van der Waals surface area contributed by atoms with Gasteiger partial charge >= 0.3 is 11.9 Å². The first-order valence-electron chi connectivity index (χ1n) is 6.74. The Morgan fingerprint density at radius 2 is 1.82 bits per heavy atom. The summed E-state index contributed by atoms with van der Waals surface area (Å²) in [5.41, 5.74) is -0.935. The number of nitrogens with one attached hydrogen (secondary N) is 1. The Kier molecular flexibility index (Phi) is 9.04. The number of aliphatic hydroxyl groups is 2. The van der Waals surface area contributed by atoms with Crippen LogP contribution < -0.4 is 5.32 Å². The molecule has 0 aromatic carbocycles.